The van der Waals surface area contributed by atoms with Gasteiger partial charge in [-0.2, -0.15) is 0 Å². The van der Waals surface area contributed by atoms with Crippen LogP contribution in [0.4, 0.5) is 0 Å². The Morgan fingerprint density at radius 1 is 0.792 bits per heavy atom. The fourth-order valence-electron chi connectivity index (χ4n) is 0.815. The Bertz CT molecular complexity index is 271. The van der Waals surface area contributed by atoms with Crippen LogP contribution in [0.2, 0.25) is 0 Å². The average molecular weight is 353 g/mol. The molecule has 0 aromatic rings. The zero-order valence-electron chi connectivity index (χ0n) is 17.0. The lowest BCUT2D eigenvalue weighted by Crippen LogP contribution is -2.42. The SMILES string of the molecule is C.CC.CC.CC.CNC(=O)C(C)N.CNC(=O)C(C)NC(C)=O. The Morgan fingerprint density at radius 3 is 1.21 bits per heavy atom. The van der Waals surface area contributed by atoms with Crippen LogP contribution in [0, 0.1) is 0 Å². The molecule has 0 aromatic carbocycles. The topological polar surface area (TPSA) is 113 Å². The number of carbonyl (C=O) groups is 3. The van der Waals surface area contributed by atoms with Crippen LogP contribution in [0.15, 0.2) is 0 Å². The fraction of sp³-hybridized carbons (Fsp3) is 0.824. The summed E-state index contributed by atoms with van der Waals surface area (Å²) in [5.41, 5.74) is 5.13. The van der Waals surface area contributed by atoms with Gasteiger partial charge in [-0.25, -0.2) is 0 Å². The van der Waals surface area contributed by atoms with Crippen LogP contribution in [-0.4, -0.2) is 43.9 Å². The number of rotatable bonds is 3. The summed E-state index contributed by atoms with van der Waals surface area (Å²) >= 11 is 0. The van der Waals surface area contributed by atoms with Gasteiger partial charge in [0.25, 0.3) is 0 Å². The van der Waals surface area contributed by atoms with Crippen LogP contribution in [0.25, 0.3) is 0 Å². The summed E-state index contributed by atoms with van der Waals surface area (Å²) in [5, 5.41) is 7.26. The van der Waals surface area contributed by atoms with E-state index >= 15 is 0 Å². The lowest BCUT2D eigenvalue weighted by atomic mass is 10.3. The van der Waals surface area contributed by atoms with Crippen molar-refractivity contribution in [2.75, 3.05) is 14.1 Å². The summed E-state index contributed by atoms with van der Waals surface area (Å²) in [5.74, 6) is -0.508. The highest BCUT2D eigenvalue weighted by molar-refractivity contribution is 5.86. The Morgan fingerprint density at radius 2 is 1.08 bits per heavy atom. The molecule has 0 spiro atoms. The van der Waals surface area contributed by atoms with Crippen molar-refractivity contribution in [2.45, 2.75) is 81.8 Å². The first kappa shape index (κ1) is 38.1. The molecule has 0 fully saturated rings. The normalized spacial score (nSPS) is 9.50. The minimum absolute atomic E-state index is 0. The third-order valence-corrected chi connectivity index (χ3v) is 1.72. The number of hydrogen-bond donors (Lipinski definition) is 4. The molecule has 0 aliphatic rings. The molecule has 24 heavy (non-hydrogen) atoms. The van der Waals surface area contributed by atoms with E-state index in [1.165, 1.54) is 14.0 Å². The van der Waals surface area contributed by atoms with Gasteiger partial charge in [0.15, 0.2) is 0 Å². The van der Waals surface area contributed by atoms with E-state index in [1.54, 1.807) is 20.9 Å². The highest BCUT2D eigenvalue weighted by atomic mass is 16.2. The second-order valence-electron chi connectivity index (χ2n) is 3.44. The molecule has 0 aromatic heterocycles. The van der Waals surface area contributed by atoms with E-state index in [-0.39, 0.29) is 31.2 Å². The van der Waals surface area contributed by atoms with E-state index in [9.17, 15) is 14.4 Å². The van der Waals surface area contributed by atoms with E-state index in [4.69, 9.17) is 5.73 Å². The van der Waals surface area contributed by atoms with E-state index in [0.29, 0.717) is 0 Å². The molecule has 2 atom stereocenters. The first-order valence-corrected chi connectivity index (χ1v) is 8.22. The number of nitrogens with one attached hydrogen (secondary N) is 3. The predicted octanol–water partition coefficient (Wildman–Crippen LogP) is 2.05. The molecular weight excluding hydrogens is 308 g/mol. The summed E-state index contributed by atoms with van der Waals surface area (Å²) in [4.78, 5) is 31.4. The highest BCUT2D eigenvalue weighted by Gasteiger charge is 2.10. The maximum absolute atomic E-state index is 10.7. The summed E-state index contributed by atoms with van der Waals surface area (Å²) < 4.78 is 0. The third kappa shape index (κ3) is 37.0. The fourth-order valence-corrected chi connectivity index (χ4v) is 0.815. The number of likely N-dealkylation sites (N-methyl/N-ethyl adjacent to an activating group) is 2. The van der Waals surface area contributed by atoms with Crippen molar-refractivity contribution in [1.82, 2.24) is 16.0 Å². The molecule has 150 valence electrons. The molecular formula is C17H44N4O3. The van der Waals surface area contributed by atoms with Crippen molar-refractivity contribution in [3.8, 4) is 0 Å². The minimum atomic E-state index is -0.442. The van der Waals surface area contributed by atoms with Crippen LogP contribution >= 0.6 is 0 Å². The summed E-state index contributed by atoms with van der Waals surface area (Å²) in [6.45, 7) is 16.6. The summed E-state index contributed by atoms with van der Waals surface area (Å²) in [6.07, 6.45) is 0. The largest absolute Gasteiger partial charge is 0.358 e. The van der Waals surface area contributed by atoms with Gasteiger partial charge in [-0.1, -0.05) is 49.0 Å². The van der Waals surface area contributed by atoms with Crippen molar-refractivity contribution < 1.29 is 14.4 Å². The van der Waals surface area contributed by atoms with Gasteiger partial charge >= 0.3 is 0 Å². The smallest absolute Gasteiger partial charge is 0.242 e. The molecule has 7 heteroatoms. The second-order valence-corrected chi connectivity index (χ2v) is 3.44. The standard InChI is InChI=1S/C6H12N2O2.C4H10N2O.3C2H6.CH4/c1-4(6(10)7-3)8-5(2)9;1-3(5)4(7)6-2;3*1-2;/h4H,1-3H3,(H,7,10)(H,8,9);3H,5H2,1-2H3,(H,6,7);3*1-2H3;1H4. The first-order valence-electron chi connectivity index (χ1n) is 8.22. The van der Waals surface area contributed by atoms with Crippen LogP contribution in [-0.2, 0) is 14.4 Å². The molecule has 0 aliphatic heterocycles. The van der Waals surface area contributed by atoms with Gasteiger partial charge < -0.3 is 21.7 Å². The quantitative estimate of drug-likeness (QED) is 0.622. The van der Waals surface area contributed by atoms with E-state index in [2.05, 4.69) is 16.0 Å². The van der Waals surface area contributed by atoms with Crippen molar-refractivity contribution in [2.24, 2.45) is 5.73 Å². The van der Waals surface area contributed by atoms with Gasteiger partial charge in [0.2, 0.25) is 17.7 Å². The van der Waals surface area contributed by atoms with Gasteiger partial charge in [-0.3, -0.25) is 14.4 Å². The average Bonchev–Trinajstić information content (AvgIpc) is 2.58. The lowest BCUT2D eigenvalue weighted by molar-refractivity contribution is -0.127. The van der Waals surface area contributed by atoms with Crippen molar-refractivity contribution in [3.63, 3.8) is 0 Å². The van der Waals surface area contributed by atoms with Gasteiger partial charge in [-0.05, 0) is 13.8 Å². The van der Waals surface area contributed by atoms with Crippen molar-refractivity contribution in [3.05, 3.63) is 0 Å². The van der Waals surface area contributed by atoms with E-state index in [1.807, 2.05) is 41.5 Å². The monoisotopic (exact) mass is 352 g/mol. The van der Waals surface area contributed by atoms with Crippen LogP contribution in [0.5, 0.6) is 0 Å². The molecule has 5 N–H and O–H groups in total. The van der Waals surface area contributed by atoms with E-state index in [0.717, 1.165) is 0 Å². The Balaban J connectivity index is -0.0000000509. The Kier molecular flexibility index (Phi) is 52.6. The third-order valence-electron chi connectivity index (χ3n) is 1.72. The minimum Gasteiger partial charge on any atom is -0.358 e. The molecule has 0 aliphatic carbocycles. The highest BCUT2D eigenvalue weighted by Crippen LogP contribution is 1.79. The van der Waals surface area contributed by atoms with Gasteiger partial charge in [0.1, 0.15) is 6.04 Å². The maximum Gasteiger partial charge on any atom is 0.242 e. The molecule has 7 nitrogen and oxygen atoms in total. The molecule has 0 heterocycles. The Labute approximate surface area is 150 Å². The number of hydrogen-bond acceptors (Lipinski definition) is 4. The number of nitrogens with two attached hydrogens (primary N) is 1. The van der Waals surface area contributed by atoms with Crippen LogP contribution in [0.3, 0.4) is 0 Å². The molecule has 2 unspecified atom stereocenters. The van der Waals surface area contributed by atoms with Gasteiger partial charge in [0, 0.05) is 21.0 Å². The molecule has 0 rings (SSSR count). The van der Waals surface area contributed by atoms with Crippen LogP contribution in [0.1, 0.15) is 69.7 Å². The van der Waals surface area contributed by atoms with Crippen LogP contribution < -0.4 is 21.7 Å². The summed E-state index contributed by atoms with van der Waals surface area (Å²) in [6, 6.07) is -0.826. The first-order chi connectivity index (χ1) is 10.8. The zero-order valence-corrected chi connectivity index (χ0v) is 17.0. The van der Waals surface area contributed by atoms with E-state index < -0.39 is 6.04 Å². The second kappa shape index (κ2) is 33.1. The number of amides is 3. The lowest BCUT2D eigenvalue weighted by Gasteiger charge is -2.09. The van der Waals surface area contributed by atoms with Crippen molar-refractivity contribution in [1.29, 1.82) is 0 Å². The predicted molar refractivity (Wildman–Crippen MR) is 106 cm³/mol. The zero-order chi connectivity index (χ0) is 20.0. The summed E-state index contributed by atoms with van der Waals surface area (Å²) in [7, 11) is 3.09. The Hall–Kier alpha value is -1.63. The van der Waals surface area contributed by atoms with Gasteiger partial charge in [-0.15, -0.1) is 0 Å². The molecule has 0 bridgehead atoms. The number of carbonyl (C=O) groups excluding carboxylic acids is 3. The van der Waals surface area contributed by atoms with Gasteiger partial charge in [0.05, 0.1) is 6.04 Å². The maximum atomic E-state index is 10.7. The van der Waals surface area contributed by atoms with Crippen molar-refractivity contribution >= 4 is 17.7 Å². The molecule has 0 saturated heterocycles. The molecule has 3 amide bonds. The molecule has 0 saturated carbocycles. The molecule has 0 radical (unpaired) electrons.